The van der Waals surface area contributed by atoms with Crippen LogP contribution in [0.4, 0.5) is 0 Å². The third kappa shape index (κ3) is 10.8. The Morgan fingerprint density at radius 3 is 2.14 bits per heavy atom. The maximum Gasteiger partial charge on any atom is 2.00 e. The molecular weight excluding hydrogens is 122 g/mol. The summed E-state index contributed by atoms with van der Waals surface area (Å²) in [6.45, 7) is 0.231. The molecule has 3 nitrogen and oxygen atoms in total. The fraction of sp³-hybridized carbons (Fsp3) is 0.667. The molecule has 0 saturated carbocycles. The van der Waals surface area contributed by atoms with Gasteiger partial charge in [0, 0.05) is 6.54 Å². The van der Waals surface area contributed by atoms with Crippen molar-refractivity contribution in [2.45, 2.75) is 6.42 Å². The van der Waals surface area contributed by atoms with Crippen LogP contribution >= 0.6 is 0 Å². The Hall–Kier alpha value is 0.690. The summed E-state index contributed by atoms with van der Waals surface area (Å²) in [6, 6.07) is 0. The monoisotopic (exact) mass is 129 g/mol. The van der Waals surface area contributed by atoms with Crippen LogP contribution in [0.2, 0.25) is 0 Å². The van der Waals surface area contributed by atoms with Crippen molar-refractivity contribution in [3.05, 3.63) is 0 Å². The van der Waals surface area contributed by atoms with Gasteiger partial charge in [-0.25, -0.2) is 0 Å². The largest absolute Gasteiger partial charge is 2.00 e. The Kier molecular flexibility index (Phi) is 10.2. The van der Waals surface area contributed by atoms with Gasteiger partial charge < -0.3 is 10.8 Å². The molecule has 0 heterocycles. The molecule has 0 aromatic rings. The summed E-state index contributed by atoms with van der Waals surface area (Å²) in [6.07, 6.45) is 0.0694. The van der Waals surface area contributed by atoms with Crippen molar-refractivity contribution in [1.29, 1.82) is 0 Å². The van der Waals surface area contributed by atoms with Gasteiger partial charge in [-0.1, -0.05) is 0 Å². The number of hydrogen-bond donors (Lipinski definition) is 2. The number of rotatable bonds is 2. The van der Waals surface area contributed by atoms with Gasteiger partial charge in [-0.15, -0.1) is 0 Å². The minimum absolute atomic E-state index is 0. The second-order valence-electron chi connectivity index (χ2n) is 0.932. The van der Waals surface area contributed by atoms with E-state index in [1.807, 2.05) is 0 Å². The normalized spacial score (nSPS) is 7.00. The van der Waals surface area contributed by atoms with E-state index >= 15 is 0 Å². The average Bonchev–Trinajstić information content (AvgIpc) is 1.35. The van der Waals surface area contributed by atoms with E-state index in [2.05, 4.69) is 0 Å². The number of carboxylic acids is 1. The van der Waals surface area contributed by atoms with E-state index in [-0.39, 0.29) is 50.7 Å². The zero-order chi connectivity index (χ0) is 4.99. The fourth-order valence-electron chi connectivity index (χ4n) is 0.123. The first-order valence-corrected chi connectivity index (χ1v) is 1.69. The Morgan fingerprint density at radius 2 is 2.14 bits per heavy atom. The van der Waals surface area contributed by atoms with Gasteiger partial charge in [-0.3, -0.25) is 4.79 Å². The topological polar surface area (TPSA) is 63.3 Å². The van der Waals surface area contributed by atoms with Gasteiger partial charge in [-0.05, 0) is 0 Å². The zero-order valence-corrected chi connectivity index (χ0v) is 6.26. The predicted octanol–water partition coefficient (Wildman–Crippen LogP) is -0.961. The van der Waals surface area contributed by atoms with Gasteiger partial charge in [-0.2, -0.15) is 0 Å². The van der Waals surface area contributed by atoms with Crippen LogP contribution in [0.25, 0.3) is 0 Å². The molecule has 0 saturated heterocycles. The van der Waals surface area contributed by atoms with Crippen LogP contribution in [0, 0.1) is 0 Å². The summed E-state index contributed by atoms with van der Waals surface area (Å²) in [7, 11) is 0. The molecule has 0 radical (unpaired) electrons. The SMILES string of the molecule is NCCC(=O)O.[Ca+2]. The molecule has 0 aromatic heterocycles. The van der Waals surface area contributed by atoms with Crippen molar-refractivity contribution >= 4 is 43.7 Å². The summed E-state index contributed by atoms with van der Waals surface area (Å²) in [5.41, 5.74) is 4.85. The quantitative estimate of drug-likeness (QED) is 0.472. The maximum absolute atomic E-state index is 9.52. The molecule has 0 spiro atoms. The van der Waals surface area contributed by atoms with E-state index in [1.54, 1.807) is 0 Å². The van der Waals surface area contributed by atoms with Gasteiger partial charge in [0.1, 0.15) is 0 Å². The second kappa shape index (κ2) is 6.69. The Morgan fingerprint density at radius 1 is 1.71 bits per heavy atom. The van der Waals surface area contributed by atoms with Crippen LogP contribution in [0.5, 0.6) is 0 Å². The summed E-state index contributed by atoms with van der Waals surface area (Å²) in [5, 5.41) is 7.83. The van der Waals surface area contributed by atoms with Gasteiger partial charge in [0.2, 0.25) is 0 Å². The molecule has 0 atom stereocenters. The van der Waals surface area contributed by atoms with Crippen LogP contribution in [-0.4, -0.2) is 55.4 Å². The number of hydrogen-bond acceptors (Lipinski definition) is 2. The third-order valence-electron chi connectivity index (χ3n) is 0.358. The predicted molar refractivity (Wildman–Crippen MR) is 27.1 cm³/mol. The van der Waals surface area contributed by atoms with Crippen molar-refractivity contribution in [2.75, 3.05) is 6.54 Å². The molecule has 0 fully saturated rings. The first kappa shape index (κ1) is 10.6. The number of nitrogens with two attached hydrogens (primary N) is 1. The Bertz CT molecular complexity index is 56.9. The van der Waals surface area contributed by atoms with Crippen LogP contribution in [-0.2, 0) is 4.79 Å². The van der Waals surface area contributed by atoms with Crippen LogP contribution in [0.15, 0.2) is 0 Å². The molecule has 0 bridgehead atoms. The van der Waals surface area contributed by atoms with Crippen molar-refractivity contribution < 1.29 is 9.90 Å². The minimum atomic E-state index is -0.836. The standard InChI is InChI=1S/C3H7NO2.Ca/c4-2-1-3(5)6;/h1-2,4H2,(H,5,6);/q;+2. The van der Waals surface area contributed by atoms with Crippen LogP contribution < -0.4 is 5.73 Å². The summed E-state index contributed by atoms with van der Waals surface area (Å²) < 4.78 is 0. The van der Waals surface area contributed by atoms with Gasteiger partial charge in [0.15, 0.2) is 0 Å². The fourth-order valence-corrected chi connectivity index (χ4v) is 0.123. The minimum Gasteiger partial charge on any atom is -0.481 e. The second-order valence-corrected chi connectivity index (χ2v) is 0.932. The van der Waals surface area contributed by atoms with Crippen molar-refractivity contribution in [1.82, 2.24) is 0 Å². The average molecular weight is 129 g/mol. The molecule has 0 aliphatic rings. The van der Waals surface area contributed by atoms with E-state index in [4.69, 9.17) is 10.8 Å². The molecule has 0 aromatic carbocycles. The van der Waals surface area contributed by atoms with Crippen molar-refractivity contribution in [3.8, 4) is 0 Å². The summed E-state index contributed by atoms with van der Waals surface area (Å²) >= 11 is 0. The Labute approximate surface area is 71.9 Å². The molecule has 7 heavy (non-hydrogen) atoms. The van der Waals surface area contributed by atoms with Crippen LogP contribution in [0.3, 0.4) is 0 Å². The molecule has 0 amide bonds. The number of aliphatic carboxylic acids is 1. The molecule has 0 aliphatic carbocycles. The molecule has 0 rings (SSSR count). The van der Waals surface area contributed by atoms with Gasteiger partial charge in [0.25, 0.3) is 0 Å². The van der Waals surface area contributed by atoms with Crippen LogP contribution in [0.1, 0.15) is 6.42 Å². The molecule has 4 heteroatoms. The zero-order valence-electron chi connectivity index (χ0n) is 4.05. The first-order valence-electron chi connectivity index (χ1n) is 1.69. The Balaban J connectivity index is 0. The van der Waals surface area contributed by atoms with Crippen molar-refractivity contribution in [3.63, 3.8) is 0 Å². The van der Waals surface area contributed by atoms with E-state index in [0.717, 1.165) is 0 Å². The molecule has 36 valence electrons. The molecule has 0 unspecified atom stereocenters. The summed E-state index contributed by atoms with van der Waals surface area (Å²) in [5.74, 6) is -0.836. The molecule has 3 N–H and O–H groups in total. The maximum atomic E-state index is 9.52. The third-order valence-corrected chi connectivity index (χ3v) is 0.358. The van der Waals surface area contributed by atoms with Gasteiger partial charge >= 0.3 is 43.7 Å². The van der Waals surface area contributed by atoms with E-state index in [1.165, 1.54) is 0 Å². The van der Waals surface area contributed by atoms with E-state index < -0.39 is 5.97 Å². The molecule has 0 aliphatic heterocycles. The number of carbonyl (C=O) groups is 1. The number of carboxylic acid groups (broad SMARTS) is 1. The van der Waals surface area contributed by atoms with Crippen molar-refractivity contribution in [2.24, 2.45) is 5.73 Å². The van der Waals surface area contributed by atoms with E-state index in [0.29, 0.717) is 0 Å². The first-order chi connectivity index (χ1) is 2.77. The van der Waals surface area contributed by atoms with E-state index in [9.17, 15) is 4.79 Å². The molecular formula is C3H7CaNO2+2. The summed E-state index contributed by atoms with van der Waals surface area (Å²) in [4.78, 5) is 9.52. The van der Waals surface area contributed by atoms with Gasteiger partial charge in [0.05, 0.1) is 6.42 Å². The smallest absolute Gasteiger partial charge is 0.481 e.